The van der Waals surface area contributed by atoms with Crippen LogP contribution in [0.15, 0.2) is 6.07 Å². The molecule has 2 aromatic heterocycles. The Morgan fingerprint density at radius 3 is 2.61 bits per heavy atom. The highest BCUT2D eigenvalue weighted by atomic mass is 15.3. The van der Waals surface area contributed by atoms with Crippen LogP contribution in [0.5, 0.6) is 0 Å². The summed E-state index contributed by atoms with van der Waals surface area (Å²) in [5, 5.41) is 13.6. The Labute approximate surface area is 107 Å². The van der Waals surface area contributed by atoms with Crippen LogP contribution in [0.4, 0.5) is 0 Å². The molecule has 18 heavy (non-hydrogen) atoms. The maximum atomic E-state index is 9.20. The Kier molecular flexibility index (Phi) is 3.61. The van der Waals surface area contributed by atoms with E-state index >= 15 is 0 Å². The largest absolute Gasteiger partial charge is 0.232 e. The quantitative estimate of drug-likeness (QED) is 0.828. The molecule has 0 amide bonds. The highest BCUT2D eigenvalue weighted by molar-refractivity contribution is 5.58. The summed E-state index contributed by atoms with van der Waals surface area (Å²) in [5.41, 5.74) is 4.28. The summed E-state index contributed by atoms with van der Waals surface area (Å²) in [5.74, 6) is 0. The fourth-order valence-corrected chi connectivity index (χ4v) is 2.19. The molecule has 2 heterocycles. The minimum absolute atomic E-state index is 0.602. The Morgan fingerprint density at radius 1 is 1.28 bits per heavy atom. The first-order valence-electron chi connectivity index (χ1n) is 6.49. The van der Waals surface area contributed by atoms with Crippen LogP contribution in [0.2, 0.25) is 0 Å². The summed E-state index contributed by atoms with van der Waals surface area (Å²) in [6.07, 6.45) is 4.03. The number of nitriles is 1. The van der Waals surface area contributed by atoms with Crippen molar-refractivity contribution in [2.24, 2.45) is 0 Å². The second kappa shape index (κ2) is 5.18. The smallest absolute Gasteiger partial charge is 0.173 e. The molecule has 0 unspecified atom stereocenters. The van der Waals surface area contributed by atoms with Gasteiger partial charge >= 0.3 is 0 Å². The molecule has 0 saturated heterocycles. The van der Waals surface area contributed by atoms with Gasteiger partial charge in [0.1, 0.15) is 11.6 Å². The van der Waals surface area contributed by atoms with Crippen molar-refractivity contribution < 1.29 is 0 Å². The zero-order chi connectivity index (χ0) is 13.1. The predicted octanol–water partition coefficient (Wildman–Crippen LogP) is 2.81. The zero-order valence-electron chi connectivity index (χ0n) is 11.2. The lowest BCUT2D eigenvalue weighted by molar-refractivity contribution is 0.771. The maximum Gasteiger partial charge on any atom is 0.173 e. The monoisotopic (exact) mass is 242 g/mol. The average molecular weight is 242 g/mol. The lowest BCUT2D eigenvalue weighted by Crippen LogP contribution is -2.04. The molecule has 0 bridgehead atoms. The number of hydrogen-bond donors (Lipinski definition) is 0. The molecule has 0 aliphatic heterocycles. The van der Waals surface area contributed by atoms with Crippen LogP contribution in [-0.4, -0.2) is 14.6 Å². The van der Waals surface area contributed by atoms with Crippen LogP contribution >= 0.6 is 0 Å². The summed E-state index contributed by atoms with van der Waals surface area (Å²) >= 11 is 0. The van der Waals surface area contributed by atoms with E-state index < -0.39 is 0 Å². The van der Waals surface area contributed by atoms with E-state index in [1.54, 1.807) is 0 Å². The van der Waals surface area contributed by atoms with Crippen molar-refractivity contribution in [2.45, 2.75) is 46.5 Å². The van der Waals surface area contributed by atoms with Gasteiger partial charge in [-0.1, -0.05) is 26.7 Å². The number of fused-ring (bicyclic) bond motifs is 1. The minimum Gasteiger partial charge on any atom is -0.232 e. The lowest BCUT2D eigenvalue weighted by Gasteiger charge is -2.06. The van der Waals surface area contributed by atoms with E-state index in [1.165, 1.54) is 0 Å². The first-order chi connectivity index (χ1) is 8.71. The van der Waals surface area contributed by atoms with Gasteiger partial charge in [0, 0.05) is 11.4 Å². The first-order valence-corrected chi connectivity index (χ1v) is 6.49. The van der Waals surface area contributed by atoms with Gasteiger partial charge in [-0.05, 0) is 25.8 Å². The molecular formula is C14H18N4. The molecule has 0 fully saturated rings. The molecule has 4 nitrogen and oxygen atoms in total. The van der Waals surface area contributed by atoms with Gasteiger partial charge in [0.25, 0.3) is 0 Å². The Hall–Kier alpha value is -1.89. The second-order valence-corrected chi connectivity index (χ2v) is 4.55. The molecule has 0 aliphatic carbocycles. The van der Waals surface area contributed by atoms with Crippen LogP contribution in [0.3, 0.4) is 0 Å². The van der Waals surface area contributed by atoms with Crippen molar-refractivity contribution in [3.05, 3.63) is 28.7 Å². The van der Waals surface area contributed by atoms with Crippen LogP contribution in [-0.2, 0) is 12.8 Å². The zero-order valence-corrected chi connectivity index (χ0v) is 11.2. The van der Waals surface area contributed by atoms with Gasteiger partial charge in [-0.2, -0.15) is 10.4 Å². The molecule has 0 aromatic carbocycles. The third kappa shape index (κ3) is 2.08. The molecule has 4 heteroatoms. The van der Waals surface area contributed by atoms with Crippen molar-refractivity contribution in [3.63, 3.8) is 0 Å². The molecule has 94 valence electrons. The summed E-state index contributed by atoms with van der Waals surface area (Å²) in [6.45, 7) is 6.15. The normalized spacial score (nSPS) is 10.8. The van der Waals surface area contributed by atoms with E-state index in [4.69, 9.17) is 0 Å². The highest BCUT2D eigenvalue weighted by Gasteiger charge is 2.14. The highest BCUT2D eigenvalue weighted by Crippen LogP contribution is 2.17. The van der Waals surface area contributed by atoms with Gasteiger partial charge < -0.3 is 0 Å². The lowest BCUT2D eigenvalue weighted by atomic mass is 10.1. The number of aryl methyl sites for hydroxylation is 3. The topological polar surface area (TPSA) is 54.0 Å². The van der Waals surface area contributed by atoms with Gasteiger partial charge in [0.15, 0.2) is 5.65 Å². The van der Waals surface area contributed by atoms with Crippen molar-refractivity contribution >= 4 is 5.65 Å². The Balaban J connectivity index is 2.69. The summed E-state index contributed by atoms with van der Waals surface area (Å²) in [7, 11) is 0. The van der Waals surface area contributed by atoms with Gasteiger partial charge in [-0.25, -0.2) is 9.50 Å². The predicted molar refractivity (Wildman–Crippen MR) is 70.4 cm³/mol. The molecule has 0 spiro atoms. The van der Waals surface area contributed by atoms with E-state index in [0.717, 1.165) is 42.8 Å². The first kappa shape index (κ1) is 12.6. The SMILES string of the molecule is CCCc1cc(CCC)n2nc(C)c(C#N)c2n1. The minimum atomic E-state index is 0.602. The fourth-order valence-electron chi connectivity index (χ4n) is 2.19. The number of aromatic nitrogens is 3. The number of nitrogens with zero attached hydrogens (tertiary/aromatic N) is 4. The van der Waals surface area contributed by atoms with E-state index in [9.17, 15) is 5.26 Å². The van der Waals surface area contributed by atoms with E-state index in [0.29, 0.717) is 11.2 Å². The summed E-state index contributed by atoms with van der Waals surface area (Å²) in [4.78, 5) is 4.58. The maximum absolute atomic E-state index is 9.20. The third-order valence-electron chi connectivity index (χ3n) is 3.01. The molecule has 0 N–H and O–H groups in total. The molecule has 2 aromatic rings. The van der Waals surface area contributed by atoms with Gasteiger partial charge in [-0.3, -0.25) is 0 Å². The Bertz CT molecular complexity index is 604. The standard InChI is InChI=1S/C14H18N4/c1-4-6-11-8-12(7-5-2)18-14(16-11)13(9-15)10(3)17-18/h8H,4-7H2,1-3H3. The number of rotatable bonds is 4. The van der Waals surface area contributed by atoms with Crippen molar-refractivity contribution in [2.75, 3.05) is 0 Å². The van der Waals surface area contributed by atoms with Crippen LogP contribution in [0.25, 0.3) is 5.65 Å². The van der Waals surface area contributed by atoms with Crippen molar-refractivity contribution in [1.29, 1.82) is 5.26 Å². The summed E-state index contributed by atoms with van der Waals surface area (Å²) < 4.78 is 1.83. The van der Waals surface area contributed by atoms with Gasteiger partial charge in [-0.15, -0.1) is 0 Å². The van der Waals surface area contributed by atoms with Gasteiger partial charge in [0.05, 0.1) is 5.69 Å². The van der Waals surface area contributed by atoms with E-state index in [-0.39, 0.29) is 0 Å². The molecular weight excluding hydrogens is 224 g/mol. The van der Waals surface area contributed by atoms with Gasteiger partial charge in [0.2, 0.25) is 0 Å². The van der Waals surface area contributed by atoms with E-state index in [2.05, 4.69) is 36.1 Å². The van der Waals surface area contributed by atoms with E-state index in [1.807, 2.05) is 11.4 Å². The molecule has 0 radical (unpaired) electrons. The second-order valence-electron chi connectivity index (χ2n) is 4.55. The Morgan fingerprint density at radius 2 is 2.00 bits per heavy atom. The van der Waals surface area contributed by atoms with Crippen LogP contribution < -0.4 is 0 Å². The molecule has 0 saturated carbocycles. The van der Waals surface area contributed by atoms with Crippen molar-refractivity contribution in [1.82, 2.24) is 14.6 Å². The molecule has 0 aliphatic rings. The summed E-state index contributed by atoms with van der Waals surface area (Å²) in [6, 6.07) is 4.33. The fraction of sp³-hybridized carbons (Fsp3) is 0.500. The van der Waals surface area contributed by atoms with Crippen LogP contribution in [0, 0.1) is 18.3 Å². The van der Waals surface area contributed by atoms with Crippen molar-refractivity contribution in [3.8, 4) is 6.07 Å². The third-order valence-corrected chi connectivity index (χ3v) is 3.01. The molecule has 0 atom stereocenters. The number of hydrogen-bond acceptors (Lipinski definition) is 3. The van der Waals surface area contributed by atoms with Crippen LogP contribution in [0.1, 0.15) is 49.3 Å². The average Bonchev–Trinajstić information content (AvgIpc) is 2.66. The molecule has 2 rings (SSSR count).